The molecule has 5 nitrogen and oxygen atoms in total. The third kappa shape index (κ3) is 2.49. The third-order valence-corrected chi connectivity index (χ3v) is 3.70. The fraction of sp³-hybridized carbons (Fsp3) is 0.667. The molecule has 1 saturated heterocycles. The van der Waals surface area contributed by atoms with Gasteiger partial charge >= 0.3 is 0 Å². The molecule has 2 rings (SSSR count). The number of aromatic amines is 1. The van der Waals surface area contributed by atoms with Gasteiger partial charge in [0, 0.05) is 30.4 Å². The van der Waals surface area contributed by atoms with Gasteiger partial charge in [0.05, 0.1) is 6.54 Å². The lowest BCUT2D eigenvalue weighted by Gasteiger charge is -2.38. The van der Waals surface area contributed by atoms with Crippen molar-refractivity contribution < 1.29 is 4.79 Å². The minimum absolute atomic E-state index is 0.132. The lowest BCUT2D eigenvalue weighted by atomic mass is 9.77. The molecule has 0 atom stereocenters. The van der Waals surface area contributed by atoms with Crippen molar-refractivity contribution in [2.75, 3.05) is 26.7 Å². The molecule has 0 bridgehead atoms. The zero-order valence-electron chi connectivity index (χ0n) is 10.5. The molecule has 0 spiro atoms. The standard InChI is InChI=1S/C12H20N4O/c1-12(10-3-6-14-15-10)4-7-16(8-5-12)11(17)9-13-2/h3,6,13H,4-5,7-9H2,1-2H3,(H,14,15). The van der Waals surface area contributed by atoms with Gasteiger partial charge in [-0.15, -0.1) is 0 Å². The highest BCUT2D eigenvalue weighted by molar-refractivity contribution is 5.78. The Labute approximate surface area is 102 Å². The summed E-state index contributed by atoms with van der Waals surface area (Å²) in [5.74, 6) is 0.194. The van der Waals surface area contributed by atoms with Gasteiger partial charge in [0.15, 0.2) is 0 Å². The number of aromatic nitrogens is 2. The first-order chi connectivity index (χ1) is 8.15. The quantitative estimate of drug-likeness (QED) is 0.804. The zero-order valence-corrected chi connectivity index (χ0v) is 10.5. The van der Waals surface area contributed by atoms with E-state index in [1.165, 1.54) is 5.69 Å². The third-order valence-electron chi connectivity index (χ3n) is 3.70. The number of hydrogen-bond donors (Lipinski definition) is 2. The predicted molar refractivity (Wildman–Crippen MR) is 65.7 cm³/mol. The fourth-order valence-corrected chi connectivity index (χ4v) is 2.37. The lowest BCUT2D eigenvalue weighted by molar-refractivity contribution is -0.131. The van der Waals surface area contributed by atoms with Gasteiger partial charge < -0.3 is 10.2 Å². The Morgan fingerprint density at radius 2 is 2.29 bits per heavy atom. The normalized spacial score (nSPS) is 19.3. The van der Waals surface area contributed by atoms with Crippen LogP contribution in [0.15, 0.2) is 12.3 Å². The fourth-order valence-electron chi connectivity index (χ4n) is 2.37. The zero-order chi connectivity index (χ0) is 12.3. The number of carbonyl (C=O) groups excluding carboxylic acids is 1. The number of rotatable bonds is 3. The van der Waals surface area contributed by atoms with E-state index in [1.807, 2.05) is 11.0 Å². The molecule has 0 aliphatic carbocycles. The van der Waals surface area contributed by atoms with Crippen molar-refractivity contribution in [3.05, 3.63) is 18.0 Å². The first-order valence-corrected chi connectivity index (χ1v) is 6.08. The number of amides is 1. The summed E-state index contributed by atoms with van der Waals surface area (Å²) < 4.78 is 0. The maximum Gasteiger partial charge on any atom is 0.236 e. The highest BCUT2D eigenvalue weighted by Crippen LogP contribution is 2.33. The van der Waals surface area contributed by atoms with Crippen LogP contribution in [0.5, 0.6) is 0 Å². The molecule has 1 aliphatic heterocycles. The van der Waals surface area contributed by atoms with Crippen LogP contribution >= 0.6 is 0 Å². The van der Waals surface area contributed by atoms with Crippen LogP contribution in [-0.4, -0.2) is 47.7 Å². The van der Waals surface area contributed by atoms with Gasteiger partial charge in [0.2, 0.25) is 5.91 Å². The van der Waals surface area contributed by atoms with Crippen molar-refractivity contribution >= 4 is 5.91 Å². The second-order valence-corrected chi connectivity index (χ2v) is 4.94. The van der Waals surface area contributed by atoms with Crippen molar-refractivity contribution in [3.8, 4) is 0 Å². The molecule has 1 aromatic heterocycles. The van der Waals surface area contributed by atoms with Gasteiger partial charge in [-0.3, -0.25) is 9.89 Å². The Hall–Kier alpha value is -1.36. The largest absolute Gasteiger partial charge is 0.342 e. The molecule has 17 heavy (non-hydrogen) atoms. The second-order valence-electron chi connectivity index (χ2n) is 4.94. The Kier molecular flexibility index (Phi) is 3.47. The number of nitrogens with one attached hydrogen (secondary N) is 2. The van der Waals surface area contributed by atoms with Crippen LogP contribution < -0.4 is 5.32 Å². The summed E-state index contributed by atoms with van der Waals surface area (Å²) >= 11 is 0. The number of piperidine rings is 1. The number of H-pyrrole nitrogens is 1. The summed E-state index contributed by atoms with van der Waals surface area (Å²) in [6, 6.07) is 2.03. The molecule has 0 radical (unpaired) electrons. The SMILES string of the molecule is CNCC(=O)N1CCC(C)(c2ccn[nH]2)CC1. The Balaban J connectivity index is 1.96. The van der Waals surface area contributed by atoms with E-state index in [9.17, 15) is 4.79 Å². The Morgan fingerprint density at radius 3 is 2.82 bits per heavy atom. The van der Waals surface area contributed by atoms with Crippen molar-refractivity contribution in [1.29, 1.82) is 0 Å². The van der Waals surface area contributed by atoms with Crippen LogP contribution in [0.2, 0.25) is 0 Å². The van der Waals surface area contributed by atoms with E-state index in [1.54, 1.807) is 13.2 Å². The maximum absolute atomic E-state index is 11.7. The van der Waals surface area contributed by atoms with E-state index >= 15 is 0 Å². The van der Waals surface area contributed by atoms with Crippen molar-refractivity contribution in [2.45, 2.75) is 25.2 Å². The van der Waals surface area contributed by atoms with E-state index in [0.29, 0.717) is 6.54 Å². The molecule has 2 heterocycles. The van der Waals surface area contributed by atoms with Crippen LogP contribution in [0, 0.1) is 0 Å². The molecule has 5 heteroatoms. The maximum atomic E-state index is 11.7. The highest BCUT2D eigenvalue weighted by Gasteiger charge is 2.33. The molecule has 2 N–H and O–H groups in total. The second kappa shape index (κ2) is 4.87. The smallest absolute Gasteiger partial charge is 0.236 e. The predicted octanol–water partition coefficient (Wildman–Crippen LogP) is 0.509. The number of nitrogens with zero attached hydrogens (tertiary/aromatic N) is 2. The average Bonchev–Trinajstić information content (AvgIpc) is 2.84. The summed E-state index contributed by atoms with van der Waals surface area (Å²) in [4.78, 5) is 13.7. The van der Waals surface area contributed by atoms with Gasteiger partial charge in [-0.25, -0.2) is 0 Å². The Bertz CT molecular complexity index is 366. The number of carbonyl (C=O) groups is 1. The van der Waals surface area contributed by atoms with E-state index in [2.05, 4.69) is 22.4 Å². The summed E-state index contributed by atoms with van der Waals surface area (Å²) in [6.45, 7) is 4.33. The molecule has 94 valence electrons. The minimum Gasteiger partial charge on any atom is -0.342 e. The van der Waals surface area contributed by atoms with E-state index in [4.69, 9.17) is 0 Å². The van der Waals surface area contributed by atoms with Crippen molar-refractivity contribution in [2.24, 2.45) is 0 Å². The van der Waals surface area contributed by atoms with Crippen LogP contribution in [0.1, 0.15) is 25.5 Å². The number of likely N-dealkylation sites (tertiary alicyclic amines) is 1. The number of hydrogen-bond acceptors (Lipinski definition) is 3. The van der Waals surface area contributed by atoms with Gasteiger partial charge in [-0.1, -0.05) is 6.92 Å². The molecule has 1 aliphatic rings. The van der Waals surface area contributed by atoms with Gasteiger partial charge in [0.25, 0.3) is 0 Å². The van der Waals surface area contributed by atoms with Crippen LogP contribution in [0.25, 0.3) is 0 Å². The summed E-state index contributed by atoms with van der Waals surface area (Å²) in [5.41, 5.74) is 1.31. The van der Waals surface area contributed by atoms with Gasteiger partial charge in [-0.2, -0.15) is 5.10 Å². The van der Waals surface area contributed by atoms with Crippen LogP contribution in [0.3, 0.4) is 0 Å². The molecule has 1 amide bonds. The molecular formula is C12H20N4O. The summed E-state index contributed by atoms with van der Waals surface area (Å²) in [5, 5.41) is 9.97. The average molecular weight is 236 g/mol. The first kappa shape index (κ1) is 12.1. The Morgan fingerprint density at radius 1 is 1.59 bits per heavy atom. The van der Waals surface area contributed by atoms with Crippen LogP contribution in [-0.2, 0) is 10.2 Å². The van der Waals surface area contributed by atoms with E-state index in [0.717, 1.165) is 25.9 Å². The van der Waals surface area contributed by atoms with Gasteiger partial charge in [-0.05, 0) is 26.0 Å². The first-order valence-electron chi connectivity index (χ1n) is 6.08. The monoisotopic (exact) mass is 236 g/mol. The molecule has 0 saturated carbocycles. The van der Waals surface area contributed by atoms with Gasteiger partial charge in [0.1, 0.15) is 0 Å². The van der Waals surface area contributed by atoms with Crippen molar-refractivity contribution in [1.82, 2.24) is 20.4 Å². The van der Waals surface area contributed by atoms with E-state index < -0.39 is 0 Å². The molecule has 0 aromatic carbocycles. The summed E-state index contributed by atoms with van der Waals surface area (Å²) in [6.07, 6.45) is 3.77. The number of likely N-dealkylation sites (N-methyl/N-ethyl adjacent to an activating group) is 1. The topological polar surface area (TPSA) is 61.0 Å². The lowest BCUT2D eigenvalue weighted by Crippen LogP contribution is -2.46. The van der Waals surface area contributed by atoms with Crippen LogP contribution in [0.4, 0.5) is 0 Å². The molecule has 1 aromatic rings. The molecule has 1 fully saturated rings. The minimum atomic E-state index is 0.132. The summed E-state index contributed by atoms with van der Waals surface area (Å²) in [7, 11) is 1.80. The van der Waals surface area contributed by atoms with Crippen molar-refractivity contribution in [3.63, 3.8) is 0 Å². The van der Waals surface area contributed by atoms with E-state index in [-0.39, 0.29) is 11.3 Å². The molecular weight excluding hydrogens is 216 g/mol. The molecule has 0 unspecified atom stereocenters. The highest BCUT2D eigenvalue weighted by atomic mass is 16.2.